The van der Waals surface area contributed by atoms with Crippen molar-refractivity contribution in [2.75, 3.05) is 11.5 Å². The van der Waals surface area contributed by atoms with E-state index < -0.39 is 5.60 Å². The Morgan fingerprint density at radius 2 is 1.92 bits per heavy atom. The Hall–Kier alpha value is 0.310. The quantitative estimate of drug-likeness (QED) is 0.743. The summed E-state index contributed by atoms with van der Waals surface area (Å²) in [5.41, 5.74) is -0.0901. The molecule has 1 heterocycles. The van der Waals surface area contributed by atoms with Gasteiger partial charge < -0.3 is 5.11 Å². The van der Waals surface area contributed by atoms with E-state index in [2.05, 4.69) is 27.7 Å². The molecule has 0 saturated carbocycles. The lowest BCUT2D eigenvalue weighted by Gasteiger charge is -2.42. The van der Waals surface area contributed by atoms with Gasteiger partial charge >= 0.3 is 0 Å². The van der Waals surface area contributed by atoms with Gasteiger partial charge in [0.1, 0.15) is 0 Å². The number of thioether (sulfide) groups is 1. The van der Waals surface area contributed by atoms with E-state index in [1.807, 2.05) is 11.8 Å². The van der Waals surface area contributed by atoms with Gasteiger partial charge in [0.25, 0.3) is 0 Å². The third-order valence-corrected chi connectivity index (χ3v) is 4.19. The van der Waals surface area contributed by atoms with Gasteiger partial charge in [0.2, 0.25) is 0 Å². The first-order valence-corrected chi connectivity index (χ1v) is 6.29. The van der Waals surface area contributed by atoms with Crippen molar-refractivity contribution in [3.63, 3.8) is 0 Å². The summed E-state index contributed by atoms with van der Waals surface area (Å²) in [4.78, 5) is 0. The van der Waals surface area contributed by atoms with Gasteiger partial charge in [0.15, 0.2) is 0 Å². The van der Waals surface area contributed by atoms with Gasteiger partial charge in [-0.3, -0.25) is 0 Å². The number of hydrogen-bond donors (Lipinski definition) is 1. The van der Waals surface area contributed by atoms with Crippen LogP contribution in [0.4, 0.5) is 0 Å². The molecule has 0 aromatic carbocycles. The molecular weight excluding hydrogens is 180 g/mol. The van der Waals surface area contributed by atoms with Crippen molar-refractivity contribution in [2.24, 2.45) is 11.3 Å². The molecule has 0 amide bonds. The standard InChI is InChI=1S/C11H22OS/c1-9(2)5-11(12)6-10(3,4)7-13-8-11/h9,12H,5-8H2,1-4H3. The highest BCUT2D eigenvalue weighted by Gasteiger charge is 2.38. The maximum atomic E-state index is 10.4. The molecular formula is C11H22OS. The second-order valence-corrected chi connectivity index (χ2v) is 6.64. The van der Waals surface area contributed by atoms with Crippen LogP contribution >= 0.6 is 11.8 Å². The predicted octanol–water partition coefficient (Wildman–Crippen LogP) is 2.93. The molecule has 2 heteroatoms. The third kappa shape index (κ3) is 3.51. The predicted molar refractivity (Wildman–Crippen MR) is 60.1 cm³/mol. The Kier molecular flexibility index (Phi) is 3.34. The molecule has 0 aromatic rings. The molecule has 0 spiro atoms. The van der Waals surface area contributed by atoms with Crippen molar-refractivity contribution >= 4 is 11.8 Å². The molecule has 1 saturated heterocycles. The topological polar surface area (TPSA) is 20.2 Å². The van der Waals surface area contributed by atoms with Gasteiger partial charge in [-0.05, 0) is 29.9 Å². The molecule has 1 fully saturated rings. The first kappa shape index (κ1) is 11.4. The Morgan fingerprint density at radius 1 is 1.31 bits per heavy atom. The molecule has 0 radical (unpaired) electrons. The van der Waals surface area contributed by atoms with Crippen LogP contribution in [0.2, 0.25) is 0 Å². The van der Waals surface area contributed by atoms with Gasteiger partial charge in [0, 0.05) is 5.75 Å². The normalized spacial score (nSPS) is 33.7. The minimum atomic E-state index is -0.402. The van der Waals surface area contributed by atoms with E-state index in [1.165, 1.54) is 5.75 Å². The van der Waals surface area contributed by atoms with Gasteiger partial charge in [0.05, 0.1) is 5.60 Å². The smallest absolute Gasteiger partial charge is 0.0745 e. The Morgan fingerprint density at radius 3 is 2.38 bits per heavy atom. The summed E-state index contributed by atoms with van der Waals surface area (Å²) >= 11 is 1.90. The van der Waals surface area contributed by atoms with Crippen LogP contribution in [0, 0.1) is 11.3 Å². The van der Waals surface area contributed by atoms with Gasteiger partial charge in [-0.2, -0.15) is 11.8 Å². The Labute approximate surface area is 86.3 Å². The summed E-state index contributed by atoms with van der Waals surface area (Å²) in [6, 6.07) is 0. The summed E-state index contributed by atoms with van der Waals surface area (Å²) < 4.78 is 0. The highest BCUT2D eigenvalue weighted by molar-refractivity contribution is 7.99. The van der Waals surface area contributed by atoms with E-state index in [0.29, 0.717) is 11.3 Å². The zero-order valence-electron chi connectivity index (χ0n) is 9.26. The lowest BCUT2D eigenvalue weighted by molar-refractivity contribution is 0.00181. The summed E-state index contributed by atoms with van der Waals surface area (Å²) in [5, 5.41) is 10.4. The minimum Gasteiger partial charge on any atom is -0.389 e. The fourth-order valence-electron chi connectivity index (χ4n) is 2.40. The lowest BCUT2D eigenvalue weighted by atomic mass is 9.78. The maximum absolute atomic E-state index is 10.4. The minimum absolute atomic E-state index is 0.312. The van der Waals surface area contributed by atoms with Crippen LogP contribution in [-0.2, 0) is 0 Å². The van der Waals surface area contributed by atoms with E-state index >= 15 is 0 Å². The molecule has 1 atom stereocenters. The first-order chi connectivity index (χ1) is 5.83. The van der Waals surface area contributed by atoms with Crippen molar-refractivity contribution in [3.05, 3.63) is 0 Å². The van der Waals surface area contributed by atoms with Crippen LogP contribution in [0.1, 0.15) is 40.5 Å². The fourth-order valence-corrected chi connectivity index (χ4v) is 3.76. The average molecular weight is 202 g/mol. The molecule has 1 aliphatic rings. The number of hydrogen-bond acceptors (Lipinski definition) is 2. The summed E-state index contributed by atoms with van der Waals surface area (Å²) in [7, 11) is 0. The molecule has 13 heavy (non-hydrogen) atoms. The van der Waals surface area contributed by atoms with Crippen molar-refractivity contribution < 1.29 is 5.11 Å². The zero-order chi connectivity index (χ0) is 10.1. The van der Waals surface area contributed by atoms with Crippen LogP contribution in [0.3, 0.4) is 0 Å². The van der Waals surface area contributed by atoms with Crippen LogP contribution in [0.25, 0.3) is 0 Å². The molecule has 1 unspecified atom stereocenters. The lowest BCUT2D eigenvalue weighted by Crippen LogP contribution is -2.43. The van der Waals surface area contributed by atoms with Gasteiger partial charge in [-0.1, -0.05) is 27.7 Å². The highest BCUT2D eigenvalue weighted by Crippen LogP contribution is 2.41. The van der Waals surface area contributed by atoms with Crippen LogP contribution < -0.4 is 0 Å². The number of rotatable bonds is 2. The molecule has 1 rings (SSSR count). The van der Waals surface area contributed by atoms with Gasteiger partial charge in [-0.25, -0.2) is 0 Å². The fraction of sp³-hybridized carbons (Fsp3) is 1.00. The van der Waals surface area contributed by atoms with Crippen LogP contribution in [-0.4, -0.2) is 22.2 Å². The van der Waals surface area contributed by atoms with Crippen LogP contribution in [0.5, 0.6) is 0 Å². The number of aliphatic hydroxyl groups is 1. The molecule has 1 N–H and O–H groups in total. The molecule has 0 aromatic heterocycles. The monoisotopic (exact) mass is 202 g/mol. The second kappa shape index (κ2) is 3.82. The summed E-state index contributed by atoms with van der Waals surface area (Å²) in [6.07, 6.45) is 1.91. The van der Waals surface area contributed by atoms with E-state index in [-0.39, 0.29) is 0 Å². The largest absolute Gasteiger partial charge is 0.389 e. The molecule has 1 aliphatic heterocycles. The van der Waals surface area contributed by atoms with E-state index in [1.54, 1.807) is 0 Å². The molecule has 1 nitrogen and oxygen atoms in total. The van der Waals surface area contributed by atoms with Gasteiger partial charge in [-0.15, -0.1) is 0 Å². The summed E-state index contributed by atoms with van der Waals surface area (Å²) in [6.45, 7) is 8.88. The van der Waals surface area contributed by atoms with Crippen LogP contribution in [0.15, 0.2) is 0 Å². The highest BCUT2D eigenvalue weighted by atomic mass is 32.2. The summed E-state index contributed by atoms with van der Waals surface area (Å²) in [5.74, 6) is 2.71. The second-order valence-electron chi connectivity index (χ2n) is 5.66. The first-order valence-electron chi connectivity index (χ1n) is 5.13. The van der Waals surface area contributed by atoms with Crippen molar-refractivity contribution in [3.8, 4) is 0 Å². The van der Waals surface area contributed by atoms with Crippen molar-refractivity contribution in [2.45, 2.75) is 46.1 Å². The van der Waals surface area contributed by atoms with E-state index in [4.69, 9.17) is 0 Å². The van der Waals surface area contributed by atoms with Crippen molar-refractivity contribution in [1.29, 1.82) is 0 Å². The Balaban J connectivity index is 2.58. The Bertz CT molecular complexity index is 177. The van der Waals surface area contributed by atoms with E-state index in [0.717, 1.165) is 18.6 Å². The zero-order valence-corrected chi connectivity index (χ0v) is 10.1. The average Bonchev–Trinajstić information content (AvgIpc) is 1.79. The molecule has 78 valence electrons. The van der Waals surface area contributed by atoms with Crippen molar-refractivity contribution in [1.82, 2.24) is 0 Å². The maximum Gasteiger partial charge on any atom is 0.0745 e. The molecule has 0 bridgehead atoms. The SMILES string of the molecule is CC(C)CC1(O)CSCC(C)(C)C1. The molecule has 0 aliphatic carbocycles. The van der Waals surface area contributed by atoms with E-state index in [9.17, 15) is 5.11 Å². The third-order valence-electron chi connectivity index (χ3n) is 2.46.